The van der Waals surface area contributed by atoms with Crippen LogP contribution >= 0.6 is 0 Å². The minimum Gasteiger partial charge on any atom is -0.508 e. The average Bonchev–Trinajstić information content (AvgIpc) is 2.93. The van der Waals surface area contributed by atoms with E-state index in [4.69, 9.17) is 0 Å². The van der Waals surface area contributed by atoms with Gasteiger partial charge in [-0.15, -0.1) is 0 Å². The summed E-state index contributed by atoms with van der Waals surface area (Å²) in [7, 11) is 4.27. The number of rotatable bonds is 6. The van der Waals surface area contributed by atoms with E-state index in [0.29, 0.717) is 48.8 Å². The van der Waals surface area contributed by atoms with Crippen LogP contribution in [0.2, 0.25) is 0 Å². The topological polar surface area (TPSA) is 82.5 Å². The molecular weight excluding hydrogens is 490 g/mol. The summed E-state index contributed by atoms with van der Waals surface area (Å²) in [5, 5.41) is 24.3. The van der Waals surface area contributed by atoms with Crippen molar-refractivity contribution in [1.82, 2.24) is 24.9 Å². The zero-order valence-corrected chi connectivity index (χ0v) is 23.2. The highest BCUT2D eigenvalue weighted by atomic mass is 16.3. The molecule has 0 aliphatic carbocycles. The zero-order chi connectivity index (χ0) is 27.4. The number of nitrogens with one attached hydrogen (secondary N) is 1. The van der Waals surface area contributed by atoms with Crippen molar-refractivity contribution in [1.29, 1.82) is 0 Å². The molecule has 8 nitrogen and oxygen atoms in total. The predicted octanol–water partition coefficient (Wildman–Crippen LogP) is 2.23. The smallest absolute Gasteiger partial charge is 0.187 e. The molecule has 3 fully saturated rings. The standard InChI is InChI=1S/C31H41N5O3/c1-33-7-11-35(12-8-33)21-27-17-23(3-5-29(27)37)15-25-19-32-20-26(31(25)39)16-24-4-6-30(38)28(18-24)22-36-13-9-34(2)10-14-36/h3-6,15-18,32,37-38H,7-14,19-22H2,1-2H3/b25-15-,26-16+. The number of piperazine rings is 2. The maximum absolute atomic E-state index is 13.4. The number of carbonyl (C=O) groups excluding carboxylic acids is 1. The Balaban J connectivity index is 1.30. The van der Waals surface area contributed by atoms with Crippen LogP contribution in [-0.2, 0) is 17.9 Å². The second-order valence-corrected chi connectivity index (χ2v) is 11.2. The maximum Gasteiger partial charge on any atom is 0.187 e. The SMILES string of the molecule is CN1CCN(Cc2cc(/C=C3/CNC/C(=C\c4ccc(O)c(CN5CCN(C)CC5)c4)C3=O)ccc2O)CC1. The molecule has 5 rings (SSSR count). The molecule has 39 heavy (non-hydrogen) atoms. The maximum atomic E-state index is 13.4. The van der Waals surface area contributed by atoms with Gasteiger partial charge in [0, 0.05) is 101 Å². The summed E-state index contributed by atoms with van der Waals surface area (Å²) >= 11 is 0. The number of nitrogens with zero attached hydrogens (tertiary/aromatic N) is 4. The monoisotopic (exact) mass is 531 g/mol. The van der Waals surface area contributed by atoms with E-state index < -0.39 is 0 Å². The molecule has 2 aromatic rings. The van der Waals surface area contributed by atoms with Crippen molar-refractivity contribution in [2.45, 2.75) is 13.1 Å². The molecule has 3 aliphatic rings. The number of Topliss-reactive ketones (excluding diaryl/α,β-unsaturated/α-hetero) is 1. The van der Waals surface area contributed by atoms with Gasteiger partial charge in [-0.3, -0.25) is 14.6 Å². The van der Waals surface area contributed by atoms with Crippen molar-refractivity contribution < 1.29 is 15.0 Å². The Hall–Kier alpha value is -3.01. The van der Waals surface area contributed by atoms with Gasteiger partial charge in [0.15, 0.2) is 5.78 Å². The van der Waals surface area contributed by atoms with Gasteiger partial charge in [0.2, 0.25) is 0 Å². The molecule has 3 saturated heterocycles. The van der Waals surface area contributed by atoms with Crippen LogP contribution in [0.25, 0.3) is 12.2 Å². The number of hydrogen-bond acceptors (Lipinski definition) is 8. The van der Waals surface area contributed by atoms with Crippen LogP contribution in [0, 0.1) is 0 Å². The van der Waals surface area contributed by atoms with E-state index in [-0.39, 0.29) is 5.78 Å². The molecule has 0 saturated carbocycles. The van der Waals surface area contributed by atoms with Crippen LogP contribution in [0.3, 0.4) is 0 Å². The normalized spacial score (nSPS) is 22.7. The molecule has 8 heteroatoms. The van der Waals surface area contributed by atoms with Crippen molar-refractivity contribution in [3.8, 4) is 11.5 Å². The number of carbonyl (C=O) groups is 1. The van der Waals surface area contributed by atoms with Crippen LogP contribution in [-0.4, -0.2) is 115 Å². The van der Waals surface area contributed by atoms with E-state index in [9.17, 15) is 15.0 Å². The first-order chi connectivity index (χ1) is 18.8. The third-order valence-corrected chi connectivity index (χ3v) is 8.08. The molecular formula is C31H41N5O3. The van der Waals surface area contributed by atoms with Crippen molar-refractivity contribution >= 4 is 17.9 Å². The van der Waals surface area contributed by atoms with Crippen LogP contribution in [0.15, 0.2) is 47.5 Å². The highest BCUT2D eigenvalue weighted by Crippen LogP contribution is 2.26. The van der Waals surface area contributed by atoms with E-state index in [1.807, 2.05) is 36.4 Å². The minimum atomic E-state index is 0.0381. The first kappa shape index (κ1) is 27.6. The number of piperidine rings is 1. The van der Waals surface area contributed by atoms with Crippen molar-refractivity contribution in [2.75, 3.05) is 79.5 Å². The Bertz CT molecular complexity index is 1150. The van der Waals surface area contributed by atoms with Crippen LogP contribution < -0.4 is 5.32 Å². The highest BCUT2D eigenvalue weighted by molar-refractivity contribution is 6.14. The molecule has 3 heterocycles. The van der Waals surface area contributed by atoms with Crippen LogP contribution in [0.1, 0.15) is 22.3 Å². The number of phenolic OH excluding ortho intramolecular Hbond substituents is 2. The van der Waals surface area contributed by atoms with Gasteiger partial charge in [0.1, 0.15) is 11.5 Å². The Morgan fingerprint density at radius 2 is 1.10 bits per heavy atom. The first-order valence-corrected chi connectivity index (χ1v) is 14.0. The van der Waals surface area contributed by atoms with E-state index in [1.165, 1.54) is 0 Å². The third kappa shape index (κ3) is 7.15. The predicted molar refractivity (Wildman–Crippen MR) is 156 cm³/mol. The number of hydrogen-bond donors (Lipinski definition) is 3. The lowest BCUT2D eigenvalue weighted by Crippen LogP contribution is -2.43. The molecule has 2 aromatic carbocycles. The van der Waals surface area contributed by atoms with Crippen molar-refractivity contribution in [3.63, 3.8) is 0 Å². The van der Waals surface area contributed by atoms with Gasteiger partial charge in [-0.2, -0.15) is 0 Å². The fourth-order valence-electron chi connectivity index (χ4n) is 5.47. The van der Waals surface area contributed by atoms with Gasteiger partial charge < -0.3 is 25.3 Å². The molecule has 208 valence electrons. The molecule has 0 radical (unpaired) electrons. The number of benzene rings is 2. The molecule has 0 atom stereocenters. The lowest BCUT2D eigenvalue weighted by atomic mass is 9.94. The second-order valence-electron chi connectivity index (χ2n) is 11.2. The summed E-state index contributed by atoms with van der Waals surface area (Å²) < 4.78 is 0. The summed E-state index contributed by atoms with van der Waals surface area (Å²) in [5.74, 6) is 0.630. The summed E-state index contributed by atoms with van der Waals surface area (Å²) in [5.41, 5.74) is 5.03. The van der Waals surface area contributed by atoms with Crippen molar-refractivity contribution in [2.24, 2.45) is 0 Å². The number of phenols is 2. The van der Waals surface area contributed by atoms with Gasteiger partial charge in [0.25, 0.3) is 0 Å². The Morgan fingerprint density at radius 3 is 1.51 bits per heavy atom. The third-order valence-electron chi connectivity index (χ3n) is 8.08. The van der Waals surface area contributed by atoms with Gasteiger partial charge >= 0.3 is 0 Å². The van der Waals surface area contributed by atoms with E-state index in [0.717, 1.165) is 74.6 Å². The fourth-order valence-corrected chi connectivity index (χ4v) is 5.47. The Labute approximate surface area is 231 Å². The Kier molecular flexibility index (Phi) is 8.79. The quantitative estimate of drug-likeness (QED) is 0.490. The molecule has 0 amide bonds. The zero-order valence-electron chi connectivity index (χ0n) is 23.2. The van der Waals surface area contributed by atoms with E-state index in [2.05, 4.69) is 39.0 Å². The average molecular weight is 532 g/mol. The fraction of sp³-hybridized carbons (Fsp3) is 0.452. The summed E-state index contributed by atoms with van der Waals surface area (Å²) in [6.45, 7) is 10.4. The first-order valence-electron chi connectivity index (χ1n) is 14.0. The molecule has 0 bridgehead atoms. The molecule has 0 spiro atoms. The lowest BCUT2D eigenvalue weighted by Gasteiger charge is -2.32. The number of likely N-dealkylation sites (N-methyl/N-ethyl adjacent to an activating group) is 2. The highest BCUT2D eigenvalue weighted by Gasteiger charge is 2.21. The molecule has 3 aliphatic heterocycles. The van der Waals surface area contributed by atoms with E-state index in [1.54, 1.807) is 12.1 Å². The lowest BCUT2D eigenvalue weighted by molar-refractivity contribution is -0.112. The summed E-state index contributed by atoms with van der Waals surface area (Å²) in [6, 6.07) is 11.2. The van der Waals surface area contributed by atoms with E-state index >= 15 is 0 Å². The van der Waals surface area contributed by atoms with Gasteiger partial charge in [-0.05, 0) is 61.6 Å². The minimum absolute atomic E-state index is 0.0381. The number of aromatic hydroxyl groups is 2. The van der Waals surface area contributed by atoms with Crippen LogP contribution in [0.5, 0.6) is 11.5 Å². The Morgan fingerprint density at radius 1 is 0.692 bits per heavy atom. The summed E-state index contributed by atoms with van der Waals surface area (Å²) in [4.78, 5) is 22.8. The van der Waals surface area contributed by atoms with Gasteiger partial charge in [0.05, 0.1) is 0 Å². The number of ketones is 1. The van der Waals surface area contributed by atoms with Crippen LogP contribution in [0.4, 0.5) is 0 Å². The van der Waals surface area contributed by atoms with Crippen molar-refractivity contribution in [3.05, 3.63) is 69.8 Å². The molecule has 0 unspecified atom stereocenters. The molecule has 0 aromatic heterocycles. The molecule has 3 N–H and O–H groups in total. The second kappa shape index (κ2) is 12.4. The summed E-state index contributed by atoms with van der Waals surface area (Å²) in [6.07, 6.45) is 3.87. The van der Waals surface area contributed by atoms with Gasteiger partial charge in [-0.1, -0.05) is 12.1 Å². The largest absolute Gasteiger partial charge is 0.508 e. The van der Waals surface area contributed by atoms with Gasteiger partial charge in [-0.25, -0.2) is 0 Å².